The van der Waals surface area contributed by atoms with Gasteiger partial charge in [0.1, 0.15) is 10.6 Å². The molecule has 1 saturated carbocycles. The van der Waals surface area contributed by atoms with Gasteiger partial charge in [-0.15, -0.1) is 0 Å². The maximum atomic E-state index is 12.3. The molecule has 1 aromatic carbocycles. The van der Waals surface area contributed by atoms with E-state index in [9.17, 15) is 9.59 Å². The Kier molecular flexibility index (Phi) is 4.06. The number of aromatic nitrogens is 1. The zero-order valence-electron chi connectivity index (χ0n) is 11.9. The van der Waals surface area contributed by atoms with Crippen LogP contribution in [0, 0.1) is 0 Å². The van der Waals surface area contributed by atoms with Crippen molar-refractivity contribution in [1.29, 1.82) is 0 Å². The van der Waals surface area contributed by atoms with Gasteiger partial charge in [0.15, 0.2) is 5.13 Å². The summed E-state index contributed by atoms with van der Waals surface area (Å²) in [4.78, 5) is 28.1. The van der Waals surface area contributed by atoms with Gasteiger partial charge in [0.25, 0.3) is 5.91 Å². The maximum absolute atomic E-state index is 12.3. The molecule has 22 heavy (non-hydrogen) atoms. The van der Waals surface area contributed by atoms with Crippen molar-refractivity contribution in [2.75, 3.05) is 12.4 Å². The van der Waals surface area contributed by atoms with Gasteiger partial charge < -0.3 is 9.47 Å². The Hall–Kier alpha value is -2.41. The number of nitrogens with zero attached hydrogens (tertiary/aromatic N) is 1. The van der Waals surface area contributed by atoms with Gasteiger partial charge in [-0.1, -0.05) is 23.5 Å². The summed E-state index contributed by atoms with van der Waals surface area (Å²) in [6.45, 7) is 0. The van der Waals surface area contributed by atoms with Crippen molar-refractivity contribution in [3.63, 3.8) is 0 Å². The number of esters is 1. The number of anilines is 1. The summed E-state index contributed by atoms with van der Waals surface area (Å²) in [5.74, 6) is -0.232. The number of benzene rings is 1. The number of amides is 1. The van der Waals surface area contributed by atoms with E-state index in [4.69, 9.17) is 4.74 Å². The number of hydrogen-bond acceptors (Lipinski definition) is 6. The van der Waals surface area contributed by atoms with E-state index in [0.717, 1.165) is 24.2 Å². The van der Waals surface area contributed by atoms with Crippen LogP contribution in [-0.4, -0.2) is 30.1 Å². The van der Waals surface area contributed by atoms with Gasteiger partial charge >= 0.3 is 5.97 Å². The van der Waals surface area contributed by atoms with Gasteiger partial charge in [0.2, 0.25) is 0 Å². The van der Waals surface area contributed by atoms with Crippen molar-refractivity contribution in [3.05, 3.63) is 40.9 Å². The van der Waals surface area contributed by atoms with Crippen LogP contribution >= 0.6 is 11.3 Å². The van der Waals surface area contributed by atoms with Gasteiger partial charge in [-0.05, 0) is 25.0 Å². The molecule has 1 heterocycles. The SMILES string of the molecule is COC(=O)c1cnc(NC(=O)c2ccccc2OC2CC2)s1. The quantitative estimate of drug-likeness (QED) is 0.858. The second-order valence-corrected chi connectivity index (χ2v) is 5.82. The number of ether oxygens (including phenoxy) is 2. The lowest BCUT2D eigenvalue weighted by atomic mass is 10.2. The standard InChI is InChI=1S/C15H14N2O4S/c1-20-14(19)12-8-16-15(22-12)17-13(18)10-4-2-3-5-11(10)21-9-6-7-9/h2-5,8-9H,6-7H2,1H3,(H,16,17,18). The van der Waals surface area contributed by atoms with Crippen molar-refractivity contribution < 1.29 is 19.1 Å². The average Bonchev–Trinajstić information content (AvgIpc) is 3.22. The molecule has 1 aliphatic rings. The van der Waals surface area contributed by atoms with Crippen molar-refractivity contribution in [2.45, 2.75) is 18.9 Å². The van der Waals surface area contributed by atoms with E-state index in [2.05, 4.69) is 15.0 Å². The number of para-hydroxylation sites is 1. The Balaban J connectivity index is 1.74. The molecule has 0 aliphatic heterocycles. The first kappa shape index (κ1) is 14.5. The molecular formula is C15H14N2O4S. The molecule has 114 valence electrons. The molecule has 3 rings (SSSR count). The minimum Gasteiger partial charge on any atom is -0.490 e. The molecule has 0 atom stereocenters. The average molecular weight is 318 g/mol. The number of methoxy groups -OCH3 is 1. The van der Waals surface area contributed by atoms with Gasteiger partial charge in [-0.2, -0.15) is 0 Å². The summed E-state index contributed by atoms with van der Waals surface area (Å²) in [6, 6.07) is 7.07. The van der Waals surface area contributed by atoms with Crippen LogP contribution in [0.4, 0.5) is 5.13 Å². The summed E-state index contributed by atoms with van der Waals surface area (Å²) in [5, 5.41) is 3.01. The summed E-state index contributed by atoms with van der Waals surface area (Å²) in [6.07, 6.45) is 3.62. The number of nitrogens with one attached hydrogen (secondary N) is 1. The third-order valence-corrected chi connectivity index (χ3v) is 3.96. The van der Waals surface area contributed by atoms with Crippen LogP contribution in [0.3, 0.4) is 0 Å². The fraction of sp³-hybridized carbons (Fsp3) is 0.267. The largest absolute Gasteiger partial charge is 0.490 e. The van der Waals surface area contributed by atoms with Crippen LogP contribution in [0.15, 0.2) is 30.5 Å². The summed E-state index contributed by atoms with van der Waals surface area (Å²) >= 11 is 1.06. The van der Waals surface area contributed by atoms with E-state index in [-0.39, 0.29) is 12.0 Å². The van der Waals surface area contributed by atoms with Crippen molar-refractivity contribution in [1.82, 2.24) is 4.98 Å². The van der Waals surface area contributed by atoms with Crippen LogP contribution in [0.2, 0.25) is 0 Å². The van der Waals surface area contributed by atoms with Gasteiger partial charge in [0, 0.05) is 0 Å². The highest BCUT2D eigenvalue weighted by atomic mass is 32.1. The molecule has 0 saturated heterocycles. The zero-order valence-corrected chi connectivity index (χ0v) is 12.7. The van der Waals surface area contributed by atoms with Crippen LogP contribution in [0.25, 0.3) is 0 Å². The fourth-order valence-corrected chi connectivity index (χ4v) is 2.54. The number of thiazole rings is 1. The lowest BCUT2D eigenvalue weighted by Gasteiger charge is -2.09. The van der Waals surface area contributed by atoms with E-state index in [1.807, 2.05) is 6.07 Å². The number of carbonyl (C=O) groups excluding carboxylic acids is 2. The highest BCUT2D eigenvalue weighted by Gasteiger charge is 2.25. The monoisotopic (exact) mass is 318 g/mol. The lowest BCUT2D eigenvalue weighted by molar-refractivity contribution is 0.0606. The highest BCUT2D eigenvalue weighted by Crippen LogP contribution is 2.29. The Morgan fingerprint density at radius 3 is 2.82 bits per heavy atom. The predicted molar refractivity (Wildman–Crippen MR) is 81.5 cm³/mol. The Labute approximate surface area is 131 Å². The molecule has 0 bridgehead atoms. The molecule has 1 amide bonds. The fourth-order valence-electron chi connectivity index (χ4n) is 1.81. The van der Waals surface area contributed by atoms with Crippen LogP contribution < -0.4 is 10.1 Å². The topological polar surface area (TPSA) is 77.5 Å². The molecule has 6 nitrogen and oxygen atoms in total. The summed E-state index contributed by atoms with van der Waals surface area (Å²) in [5.41, 5.74) is 0.448. The van der Waals surface area contributed by atoms with E-state index >= 15 is 0 Å². The maximum Gasteiger partial charge on any atom is 0.349 e. The second-order valence-electron chi connectivity index (χ2n) is 4.79. The zero-order chi connectivity index (χ0) is 15.5. The first-order valence-corrected chi connectivity index (χ1v) is 7.60. The molecule has 7 heteroatoms. The Bertz CT molecular complexity index is 709. The van der Waals surface area contributed by atoms with E-state index in [1.54, 1.807) is 18.2 Å². The molecule has 1 aromatic heterocycles. The molecule has 1 aliphatic carbocycles. The van der Waals surface area contributed by atoms with Crippen molar-refractivity contribution in [2.24, 2.45) is 0 Å². The molecule has 2 aromatic rings. The minimum atomic E-state index is -0.476. The van der Waals surface area contributed by atoms with Crippen LogP contribution in [0.5, 0.6) is 5.75 Å². The Morgan fingerprint density at radius 1 is 1.32 bits per heavy atom. The minimum absolute atomic E-state index is 0.208. The van der Waals surface area contributed by atoms with Gasteiger partial charge in [0.05, 0.1) is 25.0 Å². The second kappa shape index (κ2) is 6.15. The van der Waals surface area contributed by atoms with Crippen LogP contribution in [0.1, 0.15) is 32.9 Å². The molecule has 0 unspecified atom stereocenters. The van der Waals surface area contributed by atoms with Crippen molar-refractivity contribution >= 4 is 28.3 Å². The number of hydrogen-bond donors (Lipinski definition) is 1. The third kappa shape index (κ3) is 3.25. The lowest BCUT2D eigenvalue weighted by Crippen LogP contribution is -2.13. The van der Waals surface area contributed by atoms with E-state index in [1.165, 1.54) is 13.3 Å². The smallest absolute Gasteiger partial charge is 0.349 e. The first-order chi connectivity index (χ1) is 10.7. The first-order valence-electron chi connectivity index (χ1n) is 6.78. The molecule has 0 spiro atoms. The molecule has 0 radical (unpaired) electrons. The van der Waals surface area contributed by atoms with E-state index < -0.39 is 5.97 Å². The number of carbonyl (C=O) groups is 2. The summed E-state index contributed by atoms with van der Waals surface area (Å²) < 4.78 is 10.3. The Morgan fingerprint density at radius 2 is 2.09 bits per heavy atom. The number of rotatable bonds is 5. The van der Waals surface area contributed by atoms with Gasteiger partial charge in [-0.3, -0.25) is 10.1 Å². The normalized spacial score (nSPS) is 13.5. The molecule has 1 N–H and O–H groups in total. The summed E-state index contributed by atoms with van der Waals surface area (Å²) in [7, 11) is 1.30. The van der Waals surface area contributed by atoms with Crippen LogP contribution in [-0.2, 0) is 4.74 Å². The van der Waals surface area contributed by atoms with E-state index in [0.29, 0.717) is 21.3 Å². The van der Waals surface area contributed by atoms with Gasteiger partial charge in [-0.25, -0.2) is 9.78 Å². The predicted octanol–water partition coefficient (Wildman–Crippen LogP) is 2.72. The third-order valence-electron chi connectivity index (χ3n) is 3.06. The molecule has 1 fully saturated rings. The van der Waals surface area contributed by atoms with Crippen molar-refractivity contribution in [3.8, 4) is 5.75 Å². The highest BCUT2D eigenvalue weighted by molar-refractivity contribution is 7.17. The molecular weight excluding hydrogens is 304 g/mol.